The van der Waals surface area contributed by atoms with Gasteiger partial charge in [-0.25, -0.2) is 4.79 Å². The maximum absolute atomic E-state index is 12.4. The molecule has 0 saturated heterocycles. The Morgan fingerprint density at radius 3 is 2.20 bits per heavy atom. The topological polar surface area (TPSA) is 64.3 Å². The van der Waals surface area contributed by atoms with Gasteiger partial charge in [0.1, 0.15) is 6.61 Å². The van der Waals surface area contributed by atoms with Gasteiger partial charge in [-0.3, -0.25) is 0 Å². The zero-order valence-corrected chi connectivity index (χ0v) is 16.5. The molecule has 5 rings (SSSR count). The van der Waals surface area contributed by atoms with Gasteiger partial charge >= 0.3 is 6.09 Å². The lowest BCUT2D eigenvalue weighted by Crippen LogP contribution is -2.26. The molecule has 4 aromatic carbocycles. The molecule has 0 atom stereocenters. The molecule has 0 spiro atoms. The van der Waals surface area contributed by atoms with E-state index in [9.17, 15) is 4.79 Å². The number of benzene rings is 4. The normalized spacial score (nSPS) is 12.4. The standard InChI is InChI=1S/C26H22N2O2/c27-25-18(14-13-17-7-1-2-8-19(17)25)15-28-26(29)30-16-24-22-11-5-3-9-20(22)21-10-4-6-12-23(21)24/h1-14,24H,15-16,27H2,(H,28,29). The van der Waals surface area contributed by atoms with Crippen LogP contribution in [0.4, 0.5) is 10.5 Å². The zero-order valence-electron chi connectivity index (χ0n) is 16.5. The molecule has 0 bridgehead atoms. The van der Waals surface area contributed by atoms with Crippen LogP contribution in [0.2, 0.25) is 0 Å². The largest absolute Gasteiger partial charge is 0.449 e. The van der Waals surface area contributed by atoms with Crippen LogP contribution in [-0.2, 0) is 11.3 Å². The number of amides is 1. The highest BCUT2D eigenvalue weighted by Gasteiger charge is 2.28. The molecule has 0 radical (unpaired) electrons. The van der Waals surface area contributed by atoms with E-state index in [2.05, 4.69) is 29.6 Å². The van der Waals surface area contributed by atoms with E-state index in [4.69, 9.17) is 10.5 Å². The van der Waals surface area contributed by atoms with E-state index in [1.165, 1.54) is 22.3 Å². The summed E-state index contributed by atoms with van der Waals surface area (Å²) in [6.07, 6.45) is -0.440. The van der Waals surface area contributed by atoms with Crippen LogP contribution in [0.15, 0.2) is 84.9 Å². The number of nitrogens with two attached hydrogens (primary N) is 1. The molecule has 0 fully saturated rings. The fraction of sp³-hybridized carbons (Fsp3) is 0.115. The lowest BCUT2D eigenvalue weighted by molar-refractivity contribution is 0.142. The number of carbonyl (C=O) groups excluding carboxylic acids is 1. The van der Waals surface area contributed by atoms with Crippen LogP contribution in [0.25, 0.3) is 21.9 Å². The number of fused-ring (bicyclic) bond motifs is 4. The molecule has 1 aliphatic rings. The average Bonchev–Trinajstić information content (AvgIpc) is 3.11. The van der Waals surface area contributed by atoms with Crippen LogP contribution in [0.5, 0.6) is 0 Å². The van der Waals surface area contributed by atoms with E-state index in [1.807, 2.05) is 60.7 Å². The number of nitrogens with one attached hydrogen (secondary N) is 1. The third-order valence-electron chi connectivity index (χ3n) is 5.83. The van der Waals surface area contributed by atoms with Crippen molar-refractivity contribution in [1.82, 2.24) is 5.32 Å². The molecule has 0 heterocycles. The number of hydrogen-bond donors (Lipinski definition) is 2. The Labute approximate surface area is 175 Å². The molecule has 148 valence electrons. The molecule has 0 unspecified atom stereocenters. The van der Waals surface area contributed by atoms with Crippen LogP contribution in [-0.4, -0.2) is 12.7 Å². The molecule has 30 heavy (non-hydrogen) atoms. The molecule has 0 aliphatic heterocycles. The van der Waals surface area contributed by atoms with Gasteiger partial charge in [-0.05, 0) is 33.2 Å². The summed E-state index contributed by atoms with van der Waals surface area (Å²) >= 11 is 0. The third-order valence-corrected chi connectivity index (χ3v) is 5.83. The second-order valence-corrected chi connectivity index (χ2v) is 7.54. The lowest BCUT2D eigenvalue weighted by Gasteiger charge is -2.15. The van der Waals surface area contributed by atoms with E-state index in [0.29, 0.717) is 18.8 Å². The number of rotatable bonds is 4. The SMILES string of the molecule is Nc1c(CNC(=O)OCC2c3ccccc3-c3ccccc32)ccc2ccccc12. The van der Waals surface area contributed by atoms with Crippen LogP contribution in [0, 0.1) is 0 Å². The summed E-state index contributed by atoms with van der Waals surface area (Å²) in [7, 11) is 0. The minimum atomic E-state index is -0.440. The molecule has 0 saturated carbocycles. The van der Waals surface area contributed by atoms with Crippen molar-refractivity contribution in [3.63, 3.8) is 0 Å². The highest BCUT2D eigenvalue weighted by atomic mass is 16.5. The Hall–Kier alpha value is -3.79. The van der Waals surface area contributed by atoms with E-state index in [-0.39, 0.29) is 5.92 Å². The minimum Gasteiger partial charge on any atom is -0.449 e. The number of hydrogen-bond acceptors (Lipinski definition) is 3. The van der Waals surface area contributed by atoms with E-state index >= 15 is 0 Å². The second-order valence-electron chi connectivity index (χ2n) is 7.54. The highest BCUT2D eigenvalue weighted by molar-refractivity contribution is 5.94. The van der Waals surface area contributed by atoms with Gasteiger partial charge in [0, 0.05) is 23.5 Å². The predicted molar refractivity (Wildman–Crippen MR) is 120 cm³/mol. The van der Waals surface area contributed by atoms with Crippen LogP contribution >= 0.6 is 0 Å². The summed E-state index contributed by atoms with van der Waals surface area (Å²) in [4.78, 5) is 12.4. The Morgan fingerprint density at radius 1 is 0.833 bits per heavy atom. The van der Waals surface area contributed by atoms with Gasteiger partial charge in [-0.1, -0.05) is 84.9 Å². The maximum Gasteiger partial charge on any atom is 0.407 e. The Morgan fingerprint density at radius 2 is 1.47 bits per heavy atom. The van der Waals surface area contributed by atoms with Gasteiger partial charge in [0.05, 0.1) is 0 Å². The molecule has 3 N–H and O–H groups in total. The Kier molecular flexibility index (Phi) is 4.60. The highest BCUT2D eigenvalue weighted by Crippen LogP contribution is 2.44. The van der Waals surface area contributed by atoms with Crippen LogP contribution in [0.3, 0.4) is 0 Å². The summed E-state index contributed by atoms with van der Waals surface area (Å²) < 4.78 is 5.60. The van der Waals surface area contributed by atoms with Crippen molar-refractivity contribution in [3.05, 3.63) is 102 Å². The summed E-state index contributed by atoms with van der Waals surface area (Å²) in [5.74, 6) is 0.0499. The number of carbonyl (C=O) groups is 1. The van der Waals surface area contributed by atoms with Crippen molar-refractivity contribution in [1.29, 1.82) is 0 Å². The van der Waals surface area contributed by atoms with Gasteiger partial charge in [-0.2, -0.15) is 0 Å². The summed E-state index contributed by atoms with van der Waals surface area (Å²) in [6, 6.07) is 28.5. The van der Waals surface area contributed by atoms with Gasteiger partial charge in [0.25, 0.3) is 0 Å². The monoisotopic (exact) mass is 394 g/mol. The van der Waals surface area contributed by atoms with Gasteiger partial charge < -0.3 is 15.8 Å². The van der Waals surface area contributed by atoms with Crippen molar-refractivity contribution in [3.8, 4) is 11.1 Å². The number of alkyl carbamates (subject to hydrolysis) is 1. The van der Waals surface area contributed by atoms with Crippen molar-refractivity contribution in [2.24, 2.45) is 0 Å². The van der Waals surface area contributed by atoms with Gasteiger partial charge in [0.2, 0.25) is 0 Å². The van der Waals surface area contributed by atoms with Crippen LogP contribution < -0.4 is 11.1 Å². The molecule has 4 aromatic rings. The molecule has 4 heteroatoms. The average molecular weight is 394 g/mol. The van der Waals surface area contributed by atoms with Crippen molar-refractivity contribution < 1.29 is 9.53 Å². The maximum atomic E-state index is 12.4. The van der Waals surface area contributed by atoms with Gasteiger partial charge in [0.15, 0.2) is 0 Å². The fourth-order valence-corrected chi connectivity index (χ4v) is 4.31. The summed E-state index contributed by atoms with van der Waals surface area (Å²) in [5.41, 5.74) is 12.7. The van der Waals surface area contributed by atoms with Crippen molar-refractivity contribution in [2.75, 3.05) is 12.3 Å². The van der Waals surface area contributed by atoms with E-state index < -0.39 is 6.09 Å². The molecule has 4 nitrogen and oxygen atoms in total. The lowest BCUT2D eigenvalue weighted by atomic mass is 9.98. The first-order valence-electron chi connectivity index (χ1n) is 10.1. The number of ether oxygens (including phenoxy) is 1. The second kappa shape index (κ2) is 7.56. The quantitative estimate of drug-likeness (QED) is 0.452. The van der Waals surface area contributed by atoms with E-state index in [0.717, 1.165) is 16.3 Å². The molecule has 1 aliphatic carbocycles. The molecular formula is C26H22N2O2. The fourth-order valence-electron chi connectivity index (χ4n) is 4.31. The Bertz CT molecular complexity index is 1200. The molecule has 0 aromatic heterocycles. The van der Waals surface area contributed by atoms with Crippen molar-refractivity contribution in [2.45, 2.75) is 12.5 Å². The molecular weight excluding hydrogens is 372 g/mol. The number of nitrogen functional groups attached to an aromatic ring is 1. The zero-order chi connectivity index (χ0) is 20.5. The summed E-state index contributed by atoms with van der Waals surface area (Å²) in [5, 5.41) is 4.91. The first kappa shape index (κ1) is 18.3. The summed E-state index contributed by atoms with van der Waals surface area (Å²) in [6.45, 7) is 0.625. The van der Waals surface area contributed by atoms with Crippen molar-refractivity contribution >= 4 is 22.6 Å². The predicted octanol–water partition coefficient (Wildman–Crippen LogP) is 5.46. The molecule has 1 amide bonds. The first-order valence-corrected chi connectivity index (χ1v) is 10.1. The smallest absolute Gasteiger partial charge is 0.407 e. The first-order chi connectivity index (χ1) is 14.7. The van der Waals surface area contributed by atoms with Gasteiger partial charge in [-0.15, -0.1) is 0 Å². The third kappa shape index (κ3) is 3.16. The van der Waals surface area contributed by atoms with Crippen LogP contribution in [0.1, 0.15) is 22.6 Å². The Balaban J connectivity index is 1.27. The van der Waals surface area contributed by atoms with E-state index in [1.54, 1.807) is 0 Å². The minimum absolute atomic E-state index is 0.0499. The number of anilines is 1.